The van der Waals surface area contributed by atoms with E-state index in [2.05, 4.69) is 27.6 Å². The molecule has 0 N–H and O–H groups in total. The van der Waals surface area contributed by atoms with E-state index in [0.717, 1.165) is 9.45 Å². The van der Waals surface area contributed by atoms with E-state index < -0.39 is 0 Å². The molecule has 0 atom stereocenters. The molecule has 13 heavy (non-hydrogen) atoms. The summed E-state index contributed by atoms with van der Waals surface area (Å²) in [6, 6.07) is 3.73. The van der Waals surface area contributed by atoms with Crippen LogP contribution in [-0.2, 0) is 0 Å². The Morgan fingerprint density at radius 2 is 2.23 bits per heavy atom. The monoisotopic (exact) mass is 291 g/mol. The predicted octanol–water partition coefficient (Wildman–Crippen LogP) is 2.24. The van der Waals surface area contributed by atoms with Gasteiger partial charge in [-0.1, -0.05) is 0 Å². The first-order chi connectivity index (χ1) is 6.29. The molecule has 1 fully saturated rings. The molecule has 1 heterocycles. The molecular formula is C9H10INO2. The molecule has 0 aromatic carbocycles. The highest BCUT2D eigenvalue weighted by molar-refractivity contribution is 14.1. The van der Waals surface area contributed by atoms with Crippen LogP contribution in [0.2, 0.25) is 0 Å². The van der Waals surface area contributed by atoms with Crippen molar-refractivity contribution in [3.05, 3.63) is 15.8 Å². The zero-order chi connectivity index (χ0) is 9.26. The Hall–Kier alpha value is -0.520. The van der Waals surface area contributed by atoms with E-state index >= 15 is 0 Å². The van der Waals surface area contributed by atoms with E-state index in [4.69, 9.17) is 9.47 Å². The lowest BCUT2D eigenvalue weighted by Gasteiger charge is -2.06. The standard InChI is InChI=1S/C9H10INO2/c1-12-8-5-4-7(9(10)11-8)13-6-2-3-6/h4-6H,2-3H2,1H3. The molecule has 0 amide bonds. The molecular weight excluding hydrogens is 281 g/mol. The molecule has 1 aromatic rings. The first kappa shape index (κ1) is 9.05. The van der Waals surface area contributed by atoms with Gasteiger partial charge in [0.15, 0.2) is 5.75 Å². The molecule has 2 rings (SSSR count). The van der Waals surface area contributed by atoms with E-state index in [1.54, 1.807) is 7.11 Å². The Kier molecular flexibility index (Phi) is 2.57. The van der Waals surface area contributed by atoms with Crippen LogP contribution in [0.1, 0.15) is 12.8 Å². The number of methoxy groups -OCH3 is 1. The van der Waals surface area contributed by atoms with Crippen molar-refractivity contribution < 1.29 is 9.47 Å². The molecule has 0 aliphatic heterocycles. The summed E-state index contributed by atoms with van der Waals surface area (Å²) in [7, 11) is 1.61. The van der Waals surface area contributed by atoms with Crippen molar-refractivity contribution in [3.8, 4) is 11.6 Å². The van der Waals surface area contributed by atoms with Gasteiger partial charge in [-0.15, -0.1) is 0 Å². The molecule has 0 spiro atoms. The number of nitrogens with zero attached hydrogens (tertiary/aromatic N) is 1. The van der Waals surface area contributed by atoms with Crippen LogP contribution in [0.15, 0.2) is 12.1 Å². The topological polar surface area (TPSA) is 31.4 Å². The molecule has 1 aliphatic carbocycles. The van der Waals surface area contributed by atoms with Gasteiger partial charge in [-0.05, 0) is 41.5 Å². The SMILES string of the molecule is COc1ccc(OC2CC2)c(I)n1. The number of halogens is 1. The number of pyridine rings is 1. The number of hydrogen-bond acceptors (Lipinski definition) is 3. The lowest BCUT2D eigenvalue weighted by atomic mass is 10.4. The first-order valence-electron chi connectivity index (χ1n) is 4.17. The Morgan fingerprint density at radius 1 is 1.46 bits per heavy atom. The molecule has 0 bridgehead atoms. The predicted molar refractivity (Wildman–Crippen MR) is 57.2 cm³/mol. The summed E-state index contributed by atoms with van der Waals surface area (Å²) in [5, 5.41) is 0. The van der Waals surface area contributed by atoms with Crippen LogP contribution < -0.4 is 9.47 Å². The van der Waals surface area contributed by atoms with Crippen LogP contribution >= 0.6 is 22.6 Å². The Morgan fingerprint density at radius 3 is 2.77 bits per heavy atom. The molecule has 0 unspecified atom stereocenters. The van der Waals surface area contributed by atoms with E-state index in [1.807, 2.05) is 12.1 Å². The largest absolute Gasteiger partial charge is 0.488 e. The summed E-state index contributed by atoms with van der Waals surface area (Å²) in [5.74, 6) is 1.50. The van der Waals surface area contributed by atoms with Crippen LogP contribution in [0.3, 0.4) is 0 Å². The van der Waals surface area contributed by atoms with Crippen molar-refractivity contribution in [1.29, 1.82) is 0 Å². The molecule has 1 aromatic heterocycles. The Balaban J connectivity index is 2.15. The molecule has 1 saturated carbocycles. The van der Waals surface area contributed by atoms with Gasteiger partial charge in [-0.25, -0.2) is 4.98 Å². The van der Waals surface area contributed by atoms with Gasteiger partial charge in [0.25, 0.3) is 0 Å². The zero-order valence-corrected chi connectivity index (χ0v) is 9.45. The molecule has 1 aliphatic rings. The van der Waals surface area contributed by atoms with Crippen LogP contribution in [-0.4, -0.2) is 18.2 Å². The minimum absolute atomic E-state index is 0.420. The van der Waals surface area contributed by atoms with E-state index in [-0.39, 0.29) is 0 Å². The lowest BCUT2D eigenvalue weighted by molar-refractivity contribution is 0.297. The minimum Gasteiger partial charge on any atom is -0.488 e. The lowest BCUT2D eigenvalue weighted by Crippen LogP contribution is -1.99. The summed E-state index contributed by atoms with van der Waals surface area (Å²) in [6.45, 7) is 0. The second-order valence-electron chi connectivity index (χ2n) is 2.96. The minimum atomic E-state index is 0.420. The smallest absolute Gasteiger partial charge is 0.214 e. The van der Waals surface area contributed by atoms with Crippen molar-refractivity contribution in [1.82, 2.24) is 4.98 Å². The maximum absolute atomic E-state index is 5.63. The average Bonchev–Trinajstić information content (AvgIpc) is 2.92. The third-order valence-electron chi connectivity index (χ3n) is 1.82. The first-order valence-corrected chi connectivity index (χ1v) is 5.24. The van der Waals surface area contributed by atoms with Crippen LogP contribution in [0.25, 0.3) is 0 Å². The summed E-state index contributed by atoms with van der Waals surface area (Å²) >= 11 is 2.15. The van der Waals surface area contributed by atoms with Gasteiger partial charge in [0.1, 0.15) is 3.70 Å². The number of rotatable bonds is 3. The van der Waals surface area contributed by atoms with Crippen molar-refractivity contribution in [2.24, 2.45) is 0 Å². The normalized spacial score (nSPS) is 15.5. The summed E-state index contributed by atoms with van der Waals surface area (Å²) in [4.78, 5) is 4.21. The van der Waals surface area contributed by atoms with Crippen LogP contribution in [0.4, 0.5) is 0 Å². The third-order valence-corrected chi connectivity index (χ3v) is 2.59. The fraction of sp³-hybridized carbons (Fsp3) is 0.444. The van der Waals surface area contributed by atoms with E-state index in [1.165, 1.54) is 12.8 Å². The van der Waals surface area contributed by atoms with Gasteiger partial charge in [-0.3, -0.25) is 0 Å². The van der Waals surface area contributed by atoms with Crippen LogP contribution in [0, 0.1) is 3.70 Å². The van der Waals surface area contributed by atoms with E-state index in [0.29, 0.717) is 12.0 Å². The summed E-state index contributed by atoms with van der Waals surface area (Å²) in [6.07, 6.45) is 2.76. The fourth-order valence-electron chi connectivity index (χ4n) is 0.972. The second-order valence-corrected chi connectivity index (χ2v) is 3.98. The maximum atomic E-state index is 5.63. The second kappa shape index (κ2) is 3.69. The summed E-state index contributed by atoms with van der Waals surface area (Å²) < 4.78 is 11.5. The van der Waals surface area contributed by atoms with Gasteiger partial charge in [-0.2, -0.15) is 0 Å². The van der Waals surface area contributed by atoms with Crippen LogP contribution in [0.5, 0.6) is 11.6 Å². The number of hydrogen-bond donors (Lipinski definition) is 0. The van der Waals surface area contributed by atoms with Gasteiger partial charge in [0, 0.05) is 6.07 Å². The molecule has 3 nitrogen and oxygen atoms in total. The Bertz CT molecular complexity index is 312. The maximum Gasteiger partial charge on any atom is 0.214 e. The Labute approximate surface area is 90.6 Å². The van der Waals surface area contributed by atoms with Gasteiger partial charge < -0.3 is 9.47 Å². The van der Waals surface area contributed by atoms with Crippen molar-refractivity contribution in [2.45, 2.75) is 18.9 Å². The quantitative estimate of drug-likeness (QED) is 0.632. The molecule has 0 saturated heterocycles. The van der Waals surface area contributed by atoms with E-state index in [9.17, 15) is 0 Å². The highest BCUT2D eigenvalue weighted by atomic mass is 127. The summed E-state index contributed by atoms with van der Waals surface area (Å²) in [5.41, 5.74) is 0. The van der Waals surface area contributed by atoms with Crippen molar-refractivity contribution in [3.63, 3.8) is 0 Å². The molecule has 70 valence electrons. The van der Waals surface area contributed by atoms with Gasteiger partial charge in [0.05, 0.1) is 13.2 Å². The fourth-order valence-corrected chi connectivity index (χ4v) is 1.52. The molecule has 0 radical (unpaired) electrons. The average molecular weight is 291 g/mol. The highest BCUT2D eigenvalue weighted by Gasteiger charge is 2.24. The van der Waals surface area contributed by atoms with Crippen molar-refractivity contribution in [2.75, 3.05) is 7.11 Å². The highest BCUT2D eigenvalue weighted by Crippen LogP contribution is 2.30. The van der Waals surface area contributed by atoms with Gasteiger partial charge in [0.2, 0.25) is 5.88 Å². The number of aromatic nitrogens is 1. The molecule has 4 heteroatoms. The van der Waals surface area contributed by atoms with Gasteiger partial charge >= 0.3 is 0 Å². The zero-order valence-electron chi connectivity index (χ0n) is 7.29. The number of ether oxygens (including phenoxy) is 2. The van der Waals surface area contributed by atoms with Crippen molar-refractivity contribution >= 4 is 22.6 Å². The third kappa shape index (κ3) is 2.24.